The number of alkyl halides is 3. The molecule has 0 atom stereocenters. The second-order valence-electron chi connectivity index (χ2n) is 6.26. The van der Waals surface area contributed by atoms with Crippen LogP contribution in [0.2, 0.25) is 5.02 Å². The van der Waals surface area contributed by atoms with Crippen LogP contribution >= 0.6 is 11.6 Å². The first-order chi connectivity index (χ1) is 13.7. The van der Waals surface area contributed by atoms with Crippen molar-refractivity contribution >= 4 is 17.2 Å². The van der Waals surface area contributed by atoms with Crippen molar-refractivity contribution in [1.82, 2.24) is 24.4 Å². The van der Waals surface area contributed by atoms with E-state index in [4.69, 9.17) is 16.3 Å². The molecule has 0 bridgehead atoms. The van der Waals surface area contributed by atoms with Crippen molar-refractivity contribution in [3.63, 3.8) is 0 Å². The number of aromatic nitrogens is 5. The molecule has 4 aromatic rings. The first-order valence-electron chi connectivity index (χ1n) is 8.32. The van der Waals surface area contributed by atoms with Gasteiger partial charge in [-0.1, -0.05) is 17.7 Å². The van der Waals surface area contributed by atoms with Crippen LogP contribution in [0.25, 0.3) is 28.2 Å². The zero-order chi connectivity index (χ0) is 20.8. The van der Waals surface area contributed by atoms with E-state index >= 15 is 0 Å². The fourth-order valence-electron chi connectivity index (χ4n) is 2.83. The van der Waals surface area contributed by atoms with Crippen LogP contribution in [0, 0.1) is 0 Å². The third kappa shape index (κ3) is 3.83. The van der Waals surface area contributed by atoms with E-state index in [1.165, 1.54) is 28.9 Å². The zero-order valence-corrected chi connectivity index (χ0v) is 15.6. The number of nitrogens with zero attached hydrogens (tertiary/aromatic N) is 4. The van der Waals surface area contributed by atoms with Crippen LogP contribution in [0.3, 0.4) is 0 Å². The molecular formula is C18H13ClF3N5O2. The van der Waals surface area contributed by atoms with E-state index < -0.39 is 18.3 Å². The van der Waals surface area contributed by atoms with Crippen molar-refractivity contribution in [3.8, 4) is 28.3 Å². The number of hydrogen-bond acceptors (Lipinski definition) is 4. The number of H-pyrrole nitrogens is 1. The molecule has 0 aliphatic heterocycles. The molecule has 4 rings (SSSR count). The molecule has 0 unspecified atom stereocenters. The van der Waals surface area contributed by atoms with E-state index in [0.29, 0.717) is 28.2 Å². The topological polar surface area (TPSA) is 77.2 Å². The molecule has 0 spiro atoms. The molecule has 0 aliphatic rings. The number of aromatic amines is 1. The van der Waals surface area contributed by atoms with E-state index in [1.807, 2.05) is 0 Å². The minimum absolute atomic E-state index is 0.0277. The maximum absolute atomic E-state index is 12.5. The molecule has 0 saturated heterocycles. The molecule has 3 aromatic heterocycles. The third-order valence-corrected chi connectivity index (χ3v) is 4.43. The molecule has 0 aliphatic carbocycles. The first kappa shape index (κ1) is 19.1. The Hall–Kier alpha value is -3.27. The highest BCUT2D eigenvalue weighted by molar-refractivity contribution is 6.32. The summed E-state index contributed by atoms with van der Waals surface area (Å²) in [6.45, 7) is -1.47. The standard InChI is InChI=1S/C18H13ClF3N5O2/c1-26-5-4-13(25-26)11-8-23-27-16(28)7-14(24-17(11)27)10-2-3-12(19)15(6-10)29-9-18(20,21)22/h2-8,24H,9H2,1H3. The average Bonchev–Trinajstić information content (AvgIpc) is 3.26. The lowest BCUT2D eigenvalue weighted by Crippen LogP contribution is -2.19. The molecule has 29 heavy (non-hydrogen) atoms. The van der Waals surface area contributed by atoms with E-state index in [9.17, 15) is 18.0 Å². The third-order valence-electron chi connectivity index (χ3n) is 4.12. The molecule has 150 valence electrons. The van der Waals surface area contributed by atoms with Gasteiger partial charge >= 0.3 is 6.18 Å². The molecule has 0 saturated carbocycles. The summed E-state index contributed by atoms with van der Waals surface area (Å²) in [5, 5.41) is 8.41. The summed E-state index contributed by atoms with van der Waals surface area (Å²) in [7, 11) is 1.76. The largest absolute Gasteiger partial charge is 0.483 e. The van der Waals surface area contributed by atoms with Crippen molar-refractivity contribution in [2.45, 2.75) is 6.18 Å². The van der Waals surface area contributed by atoms with Crippen LogP contribution in [0.15, 0.2) is 47.5 Å². The SMILES string of the molecule is Cn1ccc(-c2cnn3c(=O)cc(-c4ccc(Cl)c(OCC(F)(F)F)c4)[nH]c23)n1. The molecule has 0 amide bonds. The summed E-state index contributed by atoms with van der Waals surface area (Å²) in [5.74, 6) is -0.138. The number of halogens is 4. The van der Waals surface area contributed by atoms with E-state index in [1.54, 1.807) is 30.1 Å². The van der Waals surface area contributed by atoms with Gasteiger partial charge in [-0.15, -0.1) is 0 Å². The maximum Gasteiger partial charge on any atom is 0.422 e. The summed E-state index contributed by atoms with van der Waals surface area (Å²) in [6.07, 6.45) is -1.23. The van der Waals surface area contributed by atoms with Crippen LogP contribution in [0.1, 0.15) is 0 Å². The Labute approximate surface area is 166 Å². The lowest BCUT2D eigenvalue weighted by atomic mass is 10.1. The molecule has 0 radical (unpaired) electrons. The molecule has 7 nitrogen and oxygen atoms in total. The van der Waals surface area contributed by atoms with E-state index in [2.05, 4.69) is 15.2 Å². The number of rotatable bonds is 4. The monoisotopic (exact) mass is 423 g/mol. The highest BCUT2D eigenvalue weighted by Gasteiger charge is 2.29. The van der Waals surface area contributed by atoms with Gasteiger partial charge < -0.3 is 9.72 Å². The average molecular weight is 424 g/mol. The second kappa shape index (κ2) is 6.96. The molecule has 0 fully saturated rings. The normalized spacial score (nSPS) is 11.9. The Balaban J connectivity index is 1.79. The van der Waals surface area contributed by atoms with Crippen molar-refractivity contribution in [2.24, 2.45) is 7.05 Å². The molecule has 3 heterocycles. The van der Waals surface area contributed by atoms with Gasteiger partial charge in [0.1, 0.15) is 11.4 Å². The summed E-state index contributed by atoms with van der Waals surface area (Å²) in [5.41, 5.74) is 2.00. The Kier molecular flexibility index (Phi) is 4.58. The van der Waals surface area contributed by atoms with Crippen molar-refractivity contribution in [3.05, 3.63) is 58.1 Å². The number of hydrogen-bond donors (Lipinski definition) is 1. The van der Waals surface area contributed by atoms with Gasteiger partial charge in [0.2, 0.25) is 0 Å². The predicted octanol–water partition coefficient (Wildman–Crippen LogP) is 3.68. The molecule has 1 aromatic carbocycles. The fourth-order valence-corrected chi connectivity index (χ4v) is 3.00. The Morgan fingerprint density at radius 2 is 2.03 bits per heavy atom. The van der Waals surface area contributed by atoms with Crippen molar-refractivity contribution < 1.29 is 17.9 Å². The van der Waals surface area contributed by atoms with Crippen LogP contribution in [0.5, 0.6) is 5.75 Å². The summed E-state index contributed by atoms with van der Waals surface area (Å²) >= 11 is 5.94. The van der Waals surface area contributed by atoms with Gasteiger partial charge in [-0.05, 0) is 18.2 Å². The van der Waals surface area contributed by atoms with Crippen LogP contribution < -0.4 is 10.3 Å². The molecular weight excluding hydrogens is 411 g/mol. The maximum atomic E-state index is 12.5. The van der Waals surface area contributed by atoms with Crippen LogP contribution in [-0.4, -0.2) is 37.2 Å². The van der Waals surface area contributed by atoms with Crippen LogP contribution in [-0.2, 0) is 7.05 Å². The highest BCUT2D eigenvalue weighted by atomic mass is 35.5. The summed E-state index contributed by atoms with van der Waals surface area (Å²) in [6, 6.07) is 7.38. The van der Waals surface area contributed by atoms with Gasteiger partial charge in [0.15, 0.2) is 6.61 Å². The van der Waals surface area contributed by atoms with Gasteiger partial charge in [-0.2, -0.15) is 27.9 Å². The quantitative estimate of drug-likeness (QED) is 0.543. The minimum atomic E-state index is -4.50. The van der Waals surface area contributed by atoms with E-state index in [0.717, 1.165) is 0 Å². The highest BCUT2D eigenvalue weighted by Crippen LogP contribution is 2.31. The number of aryl methyl sites for hydroxylation is 1. The Morgan fingerprint density at radius 3 is 2.72 bits per heavy atom. The Bertz CT molecular complexity index is 1260. The van der Waals surface area contributed by atoms with Gasteiger partial charge in [0.05, 0.1) is 28.2 Å². The minimum Gasteiger partial charge on any atom is -0.483 e. The summed E-state index contributed by atoms with van der Waals surface area (Å²) < 4.78 is 45.0. The first-order valence-corrected chi connectivity index (χ1v) is 8.69. The van der Waals surface area contributed by atoms with Crippen molar-refractivity contribution in [2.75, 3.05) is 6.61 Å². The number of ether oxygens (including phenoxy) is 1. The number of nitrogens with one attached hydrogen (secondary N) is 1. The van der Waals surface area contributed by atoms with Gasteiger partial charge in [-0.3, -0.25) is 9.48 Å². The van der Waals surface area contributed by atoms with Crippen LogP contribution in [0.4, 0.5) is 13.2 Å². The lowest BCUT2D eigenvalue weighted by molar-refractivity contribution is -0.153. The predicted molar refractivity (Wildman–Crippen MR) is 100 cm³/mol. The van der Waals surface area contributed by atoms with E-state index in [-0.39, 0.29) is 10.8 Å². The number of fused-ring (bicyclic) bond motifs is 1. The van der Waals surface area contributed by atoms with Gasteiger partial charge in [0.25, 0.3) is 5.56 Å². The lowest BCUT2D eigenvalue weighted by Gasteiger charge is -2.12. The zero-order valence-electron chi connectivity index (χ0n) is 14.9. The smallest absolute Gasteiger partial charge is 0.422 e. The van der Waals surface area contributed by atoms with Gasteiger partial charge in [-0.25, -0.2) is 0 Å². The molecule has 1 N–H and O–H groups in total. The second-order valence-corrected chi connectivity index (χ2v) is 6.67. The Morgan fingerprint density at radius 1 is 1.24 bits per heavy atom. The fraction of sp³-hybridized carbons (Fsp3) is 0.167. The molecule has 11 heteroatoms. The number of benzene rings is 1. The van der Waals surface area contributed by atoms with Crippen molar-refractivity contribution in [1.29, 1.82) is 0 Å². The van der Waals surface area contributed by atoms with Gasteiger partial charge in [0, 0.05) is 24.9 Å². The summed E-state index contributed by atoms with van der Waals surface area (Å²) in [4.78, 5) is 15.6.